The fourth-order valence-electron chi connectivity index (χ4n) is 2.35. The van der Waals surface area contributed by atoms with Gasteiger partial charge in [-0.2, -0.15) is 0 Å². The van der Waals surface area contributed by atoms with E-state index in [1.165, 1.54) is 0 Å². The van der Waals surface area contributed by atoms with Crippen molar-refractivity contribution in [1.82, 2.24) is 10.6 Å². The Morgan fingerprint density at radius 2 is 1.37 bits per heavy atom. The van der Waals surface area contributed by atoms with Gasteiger partial charge in [0.15, 0.2) is 0 Å². The van der Waals surface area contributed by atoms with Crippen molar-refractivity contribution in [3.05, 3.63) is 0 Å². The predicted molar refractivity (Wildman–Crippen MR) is 115 cm³/mol. The number of likely N-dealkylation sites (N-methyl/N-ethyl adjacent to an activating group) is 1. The first-order valence-electron chi connectivity index (χ1n) is 11.1. The predicted octanol–water partition coefficient (Wildman–Crippen LogP) is 1.57. The standard InChI is InChI=1S/C21H43FN2O6/c1-4-5-6-19(2)21(25)24-17-20(22)18-30-16-15-29-14-13-28-12-11-27-10-9-26-8-7-23-3/h19-20,23H,4-18H2,1-3H3,(H,24,25). The molecule has 0 radical (unpaired) electrons. The van der Waals surface area contributed by atoms with E-state index in [1.54, 1.807) is 0 Å². The molecular weight excluding hydrogens is 395 g/mol. The number of carbonyl (C=O) groups is 1. The second-order valence-corrected chi connectivity index (χ2v) is 7.01. The molecule has 0 rings (SSSR count). The molecule has 30 heavy (non-hydrogen) atoms. The molecule has 180 valence electrons. The largest absolute Gasteiger partial charge is 0.378 e. The summed E-state index contributed by atoms with van der Waals surface area (Å²) in [7, 11) is 1.88. The zero-order valence-electron chi connectivity index (χ0n) is 19.1. The van der Waals surface area contributed by atoms with E-state index in [0.29, 0.717) is 59.5 Å². The number of carbonyl (C=O) groups excluding carboxylic acids is 1. The molecule has 2 unspecified atom stereocenters. The lowest BCUT2D eigenvalue weighted by atomic mass is 10.0. The molecule has 2 atom stereocenters. The molecule has 2 N–H and O–H groups in total. The van der Waals surface area contributed by atoms with E-state index in [9.17, 15) is 9.18 Å². The van der Waals surface area contributed by atoms with Crippen LogP contribution < -0.4 is 10.6 Å². The number of nitrogens with one attached hydrogen (secondary N) is 2. The van der Waals surface area contributed by atoms with E-state index in [-0.39, 0.29) is 25.0 Å². The zero-order valence-corrected chi connectivity index (χ0v) is 19.1. The second-order valence-electron chi connectivity index (χ2n) is 7.01. The first kappa shape index (κ1) is 29.2. The van der Waals surface area contributed by atoms with Crippen LogP contribution in [0.4, 0.5) is 4.39 Å². The SMILES string of the molecule is CCCCC(C)C(=O)NCC(F)COCCOCCOCCOCCOCCNC. The van der Waals surface area contributed by atoms with Crippen LogP contribution in [0.2, 0.25) is 0 Å². The smallest absolute Gasteiger partial charge is 0.222 e. The van der Waals surface area contributed by atoms with Crippen LogP contribution in [-0.2, 0) is 28.5 Å². The van der Waals surface area contributed by atoms with E-state index in [1.807, 2.05) is 14.0 Å². The van der Waals surface area contributed by atoms with Crippen molar-refractivity contribution >= 4 is 5.91 Å². The van der Waals surface area contributed by atoms with E-state index < -0.39 is 6.17 Å². The molecule has 0 aromatic carbocycles. The summed E-state index contributed by atoms with van der Waals surface area (Å²) in [4.78, 5) is 11.8. The first-order valence-corrected chi connectivity index (χ1v) is 11.1. The number of hydrogen-bond donors (Lipinski definition) is 2. The van der Waals surface area contributed by atoms with Crippen LogP contribution in [0.15, 0.2) is 0 Å². The molecule has 0 heterocycles. The van der Waals surface area contributed by atoms with Gasteiger partial charge < -0.3 is 34.3 Å². The highest BCUT2D eigenvalue weighted by atomic mass is 19.1. The Hall–Kier alpha value is -0.840. The topological polar surface area (TPSA) is 87.3 Å². The molecule has 0 bridgehead atoms. The van der Waals surface area contributed by atoms with Gasteiger partial charge in [-0.1, -0.05) is 26.7 Å². The average Bonchev–Trinajstić information content (AvgIpc) is 2.75. The third-order valence-electron chi connectivity index (χ3n) is 4.22. The summed E-state index contributed by atoms with van der Waals surface area (Å²) < 4.78 is 40.4. The van der Waals surface area contributed by atoms with Crippen molar-refractivity contribution in [3.8, 4) is 0 Å². The molecule has 0 saturated carbocycles. The molecule has 0 saturated heterocycles. The van der Waals surface area contributed by atoms with Crippen molar-refractivity contribution in [2.24, 2.45) is 5.92 Å². The van der Waals surface area contributed by atoms with Crippen molar-refractivity contribution in [2.45, 2.75) is 39.3 Å². The molecule has 0 aromatic rings. The Labute approximate surface area is 181 Å². The third-order valence-corrected chi connectivity index (χ3v) is 4.22. The summed E-state index contributed by atoms with van der Waals surface area (Å²) in [6, 6.07) is 0. The lowest BCUT2D eigenvalue weighted by Gasteiger charge is -2.14. The molecule has 0 fully saturated rings. The Kier molecular flexibility index (Phi) is 22.2. The summed E-state index contributed by atoms with van der Waals surface area (Å²) in [5.41, 5.74) is 0. The first-order chi connectivity index (χ1) is 14.6. The number of unbranched alkanes of at least 4 members (excludes halogenated alkanes) is 1. The molecule has 8 nitrogen and oxygen atoms in total. The number of rotatable bonds is 23. The summed E-state index contributed by atoms with van der Waals surface area (Å²) in [5.74, 6) is -0.180. The third kappa shape index (κ3) is 20.4. The quantitative estimate of drug-likeness (QED) is 0.234. The highest BCUT2D eigenvalue weighted by Crippen LogP contribution is 2.07. The maximum absolute atomic E-state index is 13.7. The van der Waals surface area contributed by atoms with Gasteiger partial charge in [-0.05, 0) is 13.5 Å². The van der Waals surface area contributed by atoms with Gasteiger partial charge in [0.1, 0.15) is 6.17 Å². The summed E-state index contributed by atoms with van der Waals surface area (Å²) in [5, 5.41) is 5.63. The van der Waals surface area contributed by atoms with Gasteiger partial charge in [0.2, 0.25) is 5.91 Å². The number of amides is 1. The Balaban J connectivity index is 3.29. The molecule has 0 aliphatic heterocycles. The summed E-state index contributed by atoms with van der Waals surface area (Å²) in [6.45, 7) is 9.13. The minimum atomic E-state index is -1.22. The Bertz CT molecular complexity index is 379. The van der Waals surface area contributed by atoms with Crippen LogP contribution in [0.5, 0.6) is 0 Å². The highest BCUT2D eigenvalue weighted by Gasteiger charge is 2.14. The number of alkyl halides is 1. The average molecular weight is 439 g/mol. The van der Waals surface area contributed by atoms with Gasteiger partial charge in [0.25, 0.3) is 0 Å². The lowest BCUT2D eigenvalue weighted by molar-refractivity contribution is -0.125. The summed E-state index contributed by atoms with van der Waals surface area (Å²) >= 11 is 0. The molecule has 0 aliphatic carbocycles. The lowest BCUT2D eigenvalue weighted by Crippen LogP contribution is -2.35. The number of ether oxygens (including phenoxy) is 5. The van der Waals surface area contributed by atoms with E-state index in [2.05, 4.69) is 17.6 Å². The Morgan fingerprint density at radius 1 is 0.867 bits per heavy atom. The van der Waals surface area contributed by atoms with Crippen LogP contribution in [0.3, 0.4) is 0 Å². The number of halogens is 1. The normalized spacial score (nSPS) is 13.3. The maximum atomic E-state index is 13.7. The fraction of sp³-hybridized carbons (Fsp3) is 0.952. The minimum absolute atomic E-state index is 0.0197. The van der Waals surface area contributed by atoms with Gasteiger partial charge in [-0.3, -0.25) is 4.79 Å². The Morgan fingerprint density at radius 3 is 1.87 bits per heavy atom. The van der Waals surface area contributed by atoms with Crippen molar-refractivity contribution in [2.75, 3.05) is 86.2 Å². The van der Waals surface area contributed by atoms with E-state index in [4.69, 9.17) is 23.7 Å². The molecule has 0 aromatic heterocycles. The van der Waals surface area contributed by atoms with Gasteiger partial charge in [0, 0.05) is 12.5 Å². The van der Waals surface area contributed by atoms with Gasteiger partial charge in [0.05, 0.1) is 72.6 Å². The molecule has 9 heteroatoms. The van der Waals surface area contributed by atoms with Crippen LogP contribution in [0.25, 0.3) is 0 Å². The zero-order chi connectivity index (χ0) is 22.3. The van der Waals surface area contributed by atoms with Crippen molar-refractivity contribution in [1.29, 1.82) is 0 Å². The highest BCUT2D eigenvalue weighted by molar-refractivity contribution is 5.78. The van der Waals surface area contributed by atoms with Crippen molar-refractivity contribution < 1.29 is 32.9 Å². The van der Waals surface area contributed by atoms with E-state index >= 15 is 0 Å². The summed E-state index contributed by atoms with van der Waals surface area (Å²) in [6.07, 6.45) is 1.66. The monoisotopic (exact) mass is 438 g/mol. The fourth-order valence-corrected chi connectivity index (χ4v) is 2.35. The van der Waals surface area contributed by atoms with Crippen LogP contribution >= 0.6 is 0 Å². The molecule has 0 aliphatic rings. The van der Waals surface area contributed by atoms with Crippen LogP contribution in [0, 0.1) is 5.92 Å². The number of hydrogen-bond acceptors (Lipinski definition) is 7. The van der Waals surface area contributed by atoms with Crippen LogP contribution in [0.1, 0.15) is 33.1 Å². The van der Waals surface area contributed by atoms with Gasteiger partial charge >= 0.3 is 0 Å². The molecule has 0 spiro atoms. The van der Waals surface area contributed by atoms with Gasteiger partial charge in [-0.15, -0.1) is 0 Å². The van der Waals surface area contributed by atoms with Crippen molar-refractivity contribution in [3.63, 3.8) is 0 Å². The second kappa shape index (κ2) is 22.8. The molecular formula is C21H43FN2O6. The van der Waals surface area contributed by atoms with E-state index in [0.717, 1.165) is 25.8 Å². The molecule has 1 amide bonds. The van der Waals surface area contributed by atoms with Gasteiger partial charge in [-0.25, -0.2) is 4.39 Å². The minimum Gasteiger partial charge on any atom is -0.378 e. The van der Waals surface area contributed by atoms with Crippen LogP contribution in [-0.4, -0.2) is 98.3 Å². The maximum Gasteiger partial charge on any atom is 0.222 e.